The van der Waals surface area contributed by atoms with Gasteiger partial charge in [0.2, 0.25) is 5.91 Å². The van der Waals surface area contributed by atoms with Crippen molar-refractivity contribution in [2.45, 2.75) is 19.4 Å². The average Bonchev–Trinajstić information content (AvgIpc) is 2.36. The molecule has 0 fully saturated rings. The number of rotatable bonds is 7. The molecule has 1 aromatic carbocycles. The number of thioether (sulfide) groups is 1. The number of carbonyl (C=O) groups is 1. The molecule has 3 nitrogen and oxygen atoms in total. The molecule has 1 unspecified atom stereocenters. The molecule has 0 radical (unpaired) electrons. The van der Waals surface area contributed by atoms with Gasteiger partial charge in [0.15, 0.2) is 0 Å². The number of nitrogens with one attached hydrogen (secondary N) is 1. The van der Waals surface area contributed by atoms with Crippen molar-refractivity contribution in [3.05, 3.63) is 35.6 Å². The van der Waals surface area contributed by atoms with Gasteiger partial charge in [0.25, 0.3) is 0 Å². The molecule has 0 aliphatic rings. The van der Waals surface area contributed by atoms with E-state index >= 15 is 0 Å². The molecule has 0 saturated carbocycles. The summed E-state index contributed by atoms with van der Waals surface area (Å²) in [5.74, 6) is 0.730. The monoisotopic (exact) mass is 270 g/mol. The first-order valence-corrected chi connectivity index (χ1v) is 7.14. The van der Waals surface area contributed by atoms with Crippen LogP contribution < -0.4 is 11.1 Å². The van der Waals surface area contributed by atoms with E-state index in [4.69, 9.17) is 5.73 Å². The molecule has 0 saturated heterocycles. The molecule has 0 heterocycles. The van der Waals surface area contributed by atoms with Gasteiger partial charge in [0.05, 0.1) is 5.75 Å². The van der Waals surface area contributed by atoms with Gasteiger partial charge in [-0.3, -0.25) is 4.79 Å². The van der Waals surface area contributed by atoms with Crippen LogP contribution in [-0.2, 0) is 4.79 Å². The third kappa shape index (κ3) is 5.51. The zero-order chi connectivity index (χ0) is 13.4. The summed E-state index contributed by atoms with van der Waals surface area (Å²) >= 11 is 1.46. The molecular formula is C13H19FN2OS. The van der Waals surface area contributed by atoms with Crippen LogP contribution in [0.2, 0.25) is 0 Å². The summed E-state index contributed by atoms with van der Waals surface area (Å²) in [4.78, 5) is 11.3. The van der Waals surface area contributed by atoms with Gasteiger partial charge in [-0.1, -0.05) is 19.1 Å². The quantitative estimate of drug-likeness (QED) is 0.797. The molecule has 1 atom stereocenters. The summed E-state index contributed by atoms with van der Waals surface area (Å²) in [6.07, 6.45) is 0.930. The summed E-state index contributed by atoms with van der Waals surface area (Å²) in [6, 6.07) is 6.02. The number of hydrogen-bond donors (Lipinski definition) is 2. The number of benzene rings is 1. The van der Waals surface area contributed by atoms with Crippen LogP contribution in [0.3, 0.4) is 0 Å². The van der Waals surface area contributed by atoms with Crippen molar-refractivity contribution in [1.29, 1.82) is 0 Å². The smallest absolute Gasteiger partial charge is 0.229 e. The first-order chi connectivity index (χ1) is 8.63. The molecule has 100 valence electrons. The predicted molar refractivity (Wildman–Crippen MR) is 74.0 cm³/mol. The maximum atomic E-state index is 13.0. The normalized spacial score (nSPS) is 12.2. The standard InChI is InChI=1S/C13H19FN2OS/c1-2-6-16-13(17)9-18-8-12(15)10-4-3-5-11(14)7-10/h3-5,7,12H,2,6,8-9,15H2,1H3,(H,16,17). The van der Waals surface area contributed by atoms with E-state index in [-0.39, 0.29) is 17.8 Å². The minimum atomic E-state index is -0.284. The Bertz CT molecular complexity index is 387. The van der Waals surface area contributed by atoms with Crippen LogP contribution in [0.15, 0.2) is 24.3 Å². The van der Waals surface area contributed by atoms with Crippen LogP contribution in [0.5, 0.6) is 0 Å². The molecule has 0 aliphatic carbocycles. The van der Waals surface area contributed by atoms with Crippen molar-refractivity contribution in [1.82, 2.24) is 5.32 Å². The van der Waals surface area contributed by atoms with Gasteiger partial charge < -0.3 is 11.1 Å². The Hall–Kier alpha value is -1.07. The summed E-state index contributed by atoms with van der Waals surface area (Å²) in [7, 11) is 0. The number of carbonyl (C=O) groups excluding carboxylic acids is 1. The zero-order valence-corrected chi connectivity index (χ0v) is 11.3. The van der Waals surface area contributed by atoms with Gasteiger partial charge in [-0.2, -0.15) is 11.8 Å². The first kappa shape index (κ1) is 15.0. The van der Waals surface area contributed by atoms with Crippen LogP contribution in [-0.4, -0.2) is 24.0 Å². The van der Waals surface area contributed by atoms with E-state index < -0.39 is 0 Å². The van der Waals surface area contributed by atoms with Gasteiger partial charge in [0, 0.05) is 18.3 Å². The Balaban J connectivity index is 2.29. The second-order valence-corrected chi connectivity index (χ2v) is 5.06. The summed E-state index contributed by atoms with van der Waals surface area (Å²) < 4.78 is 13.0. The van der Waals surface area contributed by atoms with E-state index in [1.54, 1.807) is 12.1 Å². The lowest BCUT2D eigenvalue weighted by Crippen LogP contribution is -2.26. The maximum absolute atomic E-state index is 13.0. The fraction of sp³-hybridized carbons (Fsp3) is 0.462. The third-order valence-corrected chi connectivity index (χ3v) is 3.44. The number of amides is 1. The van der Waals surface area contributed by atoms with Crippen LogP contribution >= 0.6 is 11.8 Å². The van der Waals surface area contributed by atoms with Gasteiger partial charge >= 0.3 is 0 Å². The molecule has 5 heteroatoms. The Kier molecular flexibility index (Phi) is 6.75. The van der Waals surface area contributed by atoms with Gasteiger partial charge in [-0.05, 0) is 24.1 Å². The molecule has 18 heavy (non-hydrogen) atoms. The maximum Gasteiger partial charge on any atom is 0.229 e. The van der Waals surface area contributed by atoms with Gasteiger partial charge in [-0.15, -0.1) is 0 Å². The lowest BCUT2D eigenvalue weighted by Gasteiger charge is -2.11. The summed E-state index contributed by atoms with van der Waals surface area (Å²) in [5, 5.41) is 2.79. The third-order valence-electron chi connectivity index (χ3n) is 2.38. The van der Waals surface area contributed by atoms with Crippen molar-refractivity contribution in [3.8, 4) is 0 Å². The second-order valence-electron chi connectivity index (χ2n) is 4.03. The van der Waals surface area contributed by atoms with E-state index in [1.807, 2.05) is 6.92 Å². The second kappa shape index (κ2) is 8.11. The number of halogens is 1. The van der Waals surface area contributed by atoms with Crippen molar-refractivity contribution in [3.63, 3.8) is 0 Å². The van der Waals surface area contributed by atoms with Crippen molar-refractivity contribution < 1.29 is 9.18 Å². The fourth-order valence-corrected chi connectivity index (χ4v) is 2.28. The van der Waals surface area contributed by atoms with E-state index in [0.717, 1.165) is 12.0 Å². The average molecular weight is 270 g/mol. The molecule has 3 N–H and O–H groups in total. The molecule has 1 rings (SSSR count). The molecule has 0 bridgehead atoms. The zero-order valence-electron chi connectivity index (χ0n) is 10.5. The minimum absolute atomic E-state index is 0.0216. The molecule has 0 spiro atoms. The fourth-order valence-electron chi connectivity index (χ4n) is 1.43. The molecule has 0 aromatic heterocycles. The van der Waals surface area contributed by atoms with Crippen molar-refractivity contribution >= 4 is 17.7 Å². The Labute approximate surface area is 111 Å². The highest BCUT2D eigenvalue weighted by atomic mass is 32.2. The highest BCUT2D eigenvalue weighted by Gasteiger charge is 2.08. The largest absolute Gasteiger partial charge is 0.355 e. The SMILES string of the molecule is CCCNC(=O)CSCC(N)c1cccc(F)c1. The molecule has 1 aromatic rings. The highest BCUT2D eigenvalue weighted by Crippen LogP contribution is 2.16. The number of hydrogen-bond acceptors (Lipinski definition) is 3. The van der Waals surface area contributed by atoms with Gasteiger partial charge in [-0.25, -0.2) is 4.39 Å². The topological polar surface area (TPSA) is 55.1 Å². The minimum Gasteiger partial charge on any atom is -0.355 e. The van der Waals surface area contributed by atoms with E-state index in [9.17, 15) is 9.18 Å². The predicted octanol–water partition coefficient (Wildman–Crippen LogP) is 2.08. The molecule has 0 aliphatic heterocycles. The van der Waals surface area contributed by atoms with Crippen LogP contribution in [0.4, 0.5) is 4.39 Å². The van der Waals surface area contributed by atoms with Gasteiger partial charge in [0.1, 0.15) is 5.82 Å². The highest BCUT2D eigenvalue weighted by molar-refractivity contribution is 7.99. The van der Waals surface area contributed by atoms with E-state index in [2.05, 4.69) is 5.32 Å². The van der Waals surface area contributed by atoms with Crippen LogP contribution in [0.25, 0.3) is 0 Å². The molecular weight excluding hydrogens is 251 g/mol. The summed E-state index contributed by atoms with van der Waals surface area (Å²) in [6.45, 7) is 2.71. The molecule has 1 amide bonds. The lowest BCUT2D eigenvalue weighted by atomic mass is 10.1. The van der Waals surface area contributed by atoms with Crippen molar-refractivity contribution in [2.75, 3.05) is 18.1 Å². The Morgan fingerprint density at radius 3 is 3.00 bits per heavy atom. The van der Waals surface area contributed by atoms with E-state index in [0.29, 0.717) is 18.1 Å². The van der Waals surface area contributed by atoms with Crippen LogP contribution in [0.1, 0.15) is 24.9 Å². The van der Waals surface area contributed by atoms with E-state index in [1.165, 1.54) is 23.9 Å². The van der Waals surface area contributed by atoms with Crippen molar-refractivity contribution in [2.24, 2.45) is 5.73 Å². The Morgan fingerprint density at radius 1 is 1.56 bits per heavy atom. The Morgan fingerprint density at radius 2 is 2.33 bits per heavy atom. The first-order valence-electron chi connectivity index (χ1n) is 5.99. The lowest BCUT2D eigenvalue weighted by molar-refractivity contribution is -0.118. The van der Waals surface area contributed by atoms with Crippen LogP contribution in [0, 0.1) is 5.82 Å². The number of nitrogens with two attached hydrogens (primary N) is 1. The summed E-state index contributed by atoms with van der Waals surface area (Å²) in [5.41, 5.74) is 6.69.